The van der Waals surface area contributed by atoms with Crippen molar-refractivity contribution in [2.24, 2.45) is 0 Å². The molecule has 1 aromatic carbocycles. The van der Waals surface area contributed by atoms with E-state index in [9.17, 15) is 14.7 Å². The lowest BCUT2D eigenvalue weighted by Gasteiger charge is -2.41. The van der Waals surface area contributed by atoms with Crippen LogP contribution in [0.15, 0.2) is 30.3 Å². The van der Waals surface area contributed by atoms with Crippen molar-refractivity contribution in [1.82, 2.24) is 9.80 Å². The first-order valence-electron chi connectivity index (χ1n) is 8.64. The molecule has 2 aliphatic rings. The van der Waals surface area contributed by atoms with E-state index in [1.807, 2.05) is 15.9 Å². The molecule has 0 aliphatic carbocycles. The number of hydrogen-bond acceptors (Lipinski definition) is 6. The summed E-state index contributed by atoms with van der Waals surface area (Å²) in [7, 11) is 0. The molecule has 0 unspecified atom stereocenters. The Labute approximate surface area is 147 Å². The normalized spacial score (nSPS) is 22.2. The van der Waals surface area contributed by atoms with Crippen molar-refractivity contribution in [3.05, 3.63) is 35.9 Å². The maximum Gasteiger partial charge on any atom is 0.323 e. The Kier molecular flexibility index (Phi) is 6.14. The number of ether oxygens (including phenoxy) is 2. The van der Waals surface area contributed by atoms with Gasteiger partial charge in [-0.3, -0.25) is 19.4 Å². The number of carbonyl (C=O) groups excluding carboxylic acids is 1. The summed E-state index contributed by atoms with van der Waals surface area (Å²) >= 11 is 0. The minimum Gasteiger partial charge on any atom is -0.480 e. The molecule has 2 saturated heterocycles. The van der Waals surface area contributed by atoms with Crippen molar-refractivity contribution in [2.45, 2.75) is 12.1 Å². The molecular formula is C18H24N2O5. The van der Waals surface area contributed by atoms with E-state index >= 15 is 0 Å². The van der Waals surface area contributed by atoms with Gasteiger partial charge in [0.1, 0.15) is 12.1 Å². The highest BCUT2D eigenvalue weighted by Crippen LogP contribution is 2.20. The lowest BCUT2D eigenvalue weighted by Crippen LogP contribution is -2.62. The van der Waals surface area contributed by atoms with Gasteiger partial charge in [-0.25, -0.2) is 0 Å². The number of rotatable bonds is 6. The van der Waals surface area contributed by atoms with E-state index in [1.165, 1.54) is 0 Å². The molecule has 2 heterocycles. The van der Waals surface area contributed by atoms with Gasteiger partial charge in [-0.1, -0.05) is 30.3 Å². The molecule has 1 N–H and O–H groups in total. The molecule has 0 spiro atoms. The number of carboxylic acids is 1. The van der Waals surface area contributed by atoms with Gasteiger partial charge in [0, 0.05) is 31.7 Å². The van der Waals surface area contributed by atoms with Crippen LogP contribution in [-0.2, 0) is 14.3 Å². The number of nitrogens with zero attached hydrogens (tertiary/aromatic N) is 2. The van der Waals surface area contributed by atoms with Gasteiger partial charge in [0.25, 0.3) is 0 Å². The fourth-order valence-corrected chi connectivity index (χ4v) is 3.48. The zero-order valence-corrected chi connectivity index (χ0v) is 14.2. The fraction of sp³-hybridized carbons (Fsp3) is 0.556. The van der Waals surface area contributed by atoms with Crippen LogP contribution in [0, 0.1) is 0 Å². The number of benzene rings is 1. The smallest absolute Gasteiger partial charge is 0.323 e. The van der Waals surface area contributed by atoms with Gasteiger partial charge in [-0.2, -0.15) is 0 Å². The highest BCUT2D eigenvalue weighted by atomic mass is 16.5. The minimum absolute atomic E-state index is 0.151. The maximum atomic E-state index is 13.2. The number of aliphatic carboxylic acids is 1. The van der Waals surface area contributed by atoms with Crippen LogP contribution in [0.25, 0.3) is 0 Å². The van der Waals surface area contributed by atoms with Crippen LogP contribution >= 0.6 is 0 Å². The molecule has 0 radical (unpaired) electrons. The quantitative estimate of drug-likeness (QED) is 0.744. The number of Topliss-reactive ketones (excluding diaryl/α,β-unsaturated/α-hetero) is 1. The number of hydrogen-bond donors (Lipinski definition) is 1. The van der Waals surface area contributed by atoms with Crippen molar-refractivity contribution < 1.29 is 24.2 Å². The van der Waals surface area contributed by atoms with Crippen LogP contribution in [0.1, 0.15) is 10.4 Å². The van der Waals surface area contributed by atoms with Gasteiger partial charge < -0.3 is 14.6 Å². The van der Waals surface area contributed by atoms with Gasteiger partial charge in [-0.15, -0.1) is 0 Å². The average molecular weight is 348 g/mol. The molecule has 2 fully saturated rings. The second-order valence-electron chi connectivity index (χ2n) is 6.25. The zero-order chi connectivity index (χ0) is 17.6. The Hall–Kier alpha value is -1.80. The lowest BCUT2D eigenvalue weighted by atomic mass is 9.94. The van der Waals surface area contributed by atoms with Crippen LogP contribution in [0.5, 0.6) is 0 Å². The van der Waals surface area contributed by atoms with Gasteiger partial charge in [0.05, 0.1) is 26.4 Å². The minimum atomic E-state index is -0.970. The molecule has 2 aliphatic heterocycles. The van der Waals surface area contributed by atoms with E-state index in [-0.39, 0.29) is 5.78 Å². The summed E-state index contributed by atoms with van der Waals surface area (Å²) in [6.07, 6.45) is 0. The third-order valence-corrected chi connectivity index (χ3v) is 4.76. The van der Waals surface area contributed by atoms with Crippen LogP contribution in [0.2, 0.25) is 0 Å². The standard InChI is InChI=1S/C18H24N2O5/c21-17(14-4-2-1-3-5-14)15(19-6-10-24-11-7-19)16(18(22)23)20-8-12-25-13-9-20/h1-5,15-16H,6-13H2,(H,22,23)/t15-,16-/m0/s1. The van der Waals surface area contributed by atoms with Gasteiger partial charge in [-0.05, 0) is 0 Å². The summed E-state index contributed by atoms with van der Waals surface area (Å²) in [5.74, 6) is -1.12. The van der Waals surface area contributed by atoms with Gasteiger partial charge in [0.2, 0.25) is 0 Å². The molecule has 0 amide bonds. The highest BCUT2D eigenvalue weighted by Gasteiger charge is 2.42. The summed E-state index contributed by atoms with van der Waals surface area (Å²) in [5.41, 5.74) is 0.540. The second-order valence-corrected chi connectivity index (χ2v) is 6.25. The Balaban J connectivity index is 1.92. The first-order chi connectivity index (χ1) is 12.2. The lowest BCUT2D eigenvalue weighted by molar-refractivity contribution is -0.148. The summed E-state index contributed by atoms with van der Waals surface area (Å²) < 4.78 is 10.7. The average Bonchev–Trinajstić information content (AvgIpc) is 2.67. The van der Waals surface area contributed by atoms with Crippen molar-refractivity contribution >= 4 is 11.8 Å². The van der Waals surface area contributed by atoms with E-state index in [1.54, 1.807) is 24.3 Å². The molecule has 7 nitrogen and oxygen atoms in total. The molecule has 0 saturated carbocycles. The van der Waals surface area contributed by atoms with Crippen LogP contribution in [0.3, 0.4) is 0 Å². The van der Waals surface area contributed by atoms with Crippen molar-refractivity contribution in [1.29, 1.82) is 0 Å². The van der Waals surface area contributed by atoms with E-state index in [0.717, 1.165) is 0 Å². The van der Waals surface area contributed by atoms with E-state index in [4.69, 9.17) is 9.47 Å². The molecule has 2 atom stereocenters. The fourth-order valence-electron chi connectivity index (χ4n) is 3.48. The molecule has 7 heteroatoms. The Morgan fingerprint density at radius 3 is 1.80 bits per heavy atom. The van der Waals surface area contributed by atoms with Crippen LogP contribution in [0.4, 0.5) is 0 Å². The summed E-state index contributed by atoms with van der Waals surface area (Å²) in [6, 6.07) is 7.30. The van der Waals surface area contributed by atoms with Crippen LogP contribution in [-0.4, -0.2) is 91.3 Å². The van der Waals surface area contributed by atoms with E-state index < -0.39 is 18.1 Å². The number of morpholine rings is 2. The predicted molar refractivity (Wildman–Crippen MR) is 90.8 cm³/mol. The Bertz CT molecular complexity index is 582. The molecule has 25 heavy (non-hydrogen) atoms. The first-order valence-corrected chi connectivity index (χ1v) is 8.64. The van der Waals surface area contributed by atoms with Crippen molar-refractivity contribution in [3.8, 4) is 0 Å². The zero-order valence-electron chi connectivity index (χ0n) is 14.2. The molecule has 3 rings (SSSR count). The third-order valence-electron chi connectivity index (χ3n) is 4.76. The van der Waals surface area contributed by atoms with E-state index in [2.05, 4.69) is 0 Å². The second kappa shape index (κ2) is 8.53. The maximum absolute atomic E-state index is 13.2. The van der Waals surface area contributed by atoms with Gasteiger partial charge in [0.15, 0.2) is 5.78 Å². The molecular weight excluding hydrogens is 324 g/mol. The van der Waals surface area contributed by atoms with Gasteiger partial charge >= 0.3 is 5.97 Å². The third kappa shape index (κ3) is 4.24. The number of ketones is 1. The topological polar surface area (TPSA) is 79.3 Å². The Morgan fingerprint density at radius 2 is 1.32 bits per heavy atom. The highest BCUT2D eigenvalue weighted by molar-refractivity contribution is 6.03. The SMILES string of the molecule is O=C(O)[C@H]([C@@H](C(=O)c1ccccc1)N1CCOCC1)N1CCOCC1. The summed E-state index contributed by atoms with van der Waals surface area (Å²) in [6.45, 7) is 4.12. The molecule has 136 valence electrons. The first kappa shape index (κ1) is 18.0. The molecule has 0 aromatic heterocycles. The number of carboxylic acid groups (broad SMARTS) is 1. The van der Waals surface area contributed by atoms with Crippen molar-refractivity contribution in [2.75, 3.05) is 52.6 Å². The summed E-state index contributed by atoms with van der Waals surface area (Å²) in [5, 5.41) is 9.93. The monoisotopic (exact) mass is 348 g/mol. The van der Waals surface area contributed by atoms with Crippen LogP contribution < -0.4 is 0 Å². The molecule has 1 aromatic rings. The van der Waals surface area contributed by atoms with Crippen molar-refractivity contribution in [3.63, 3.8) is 0 Å². The van der Waals surface area contributed by atoms with E-state index in [0.29, 0.717) is 58.2 Å². The Morgan fingerprint density at radius 1 is 0.840 bits per heavy atom. The largest absolute Gasteiger partial charge is 0.480 e. The number of carbonyl (C=O) groups is 2. The summed E-state index contributed by atoms with van der Waals surface area (Å²) in [4.78, 5) is 29.2. The predicted octanol–water partition coefficient (Wildman–Crippen LogP) is 0.356. The molecule has 0 bridgehead atoms.